The van der Waals surface area contributed by atoms with Gasteiger partial charge in [0.25, 0.3) is 0 Å². The molecule has 0 rings (SSSR count). The normalized spacial score (nSPS) is 16.1. The third-order valence-electron chi connectivity index (χ3n) is 0.848. The van der Waals surface area contributed by atoms with Gasteiger partial charge in [-0.3, -0.25) is 0 Å². The number of hydrogen-bond donors (Lipinski definition) is 2. The molecule has 0 aromatic heterocycles. The maximum atomic E-state index is 8.78. The molecule has 0 fully saturated rings. The molecule has 50 valence electrons. The van der Waals surface area contributed by atoms with Crippen molar-refractivity contribution in [2.45, 2.75) is 33.4 Å². The van der Waals surface area contributed by atoms with Crippen LogP contribution in [0.2, 0.25) is 0 Å². The molecule has 0 heterocycles. The largest absolute Gasteiger partial charge is 0.345 e. The summed E-state index contributed by atoms with van der Waals surface area (Å²) in [5.41, 5.74) is 3.69. The zero-order chi connectivity index (χ0) is 6.78. The number of aliphatic hydroxyl groups is 1. The smallest absolute Gasteiger partial charge is 0.186 e. The zero-order valence-corrected chi connectivity index (χ0v) is 5.94. The van der Waals surface area contributed by atoms with Crippen molar-refractivity contribution in [2.24, 2.45) is 5.41 Å². The Morgan fingerprint density at radius 3 is 1.88 bits per heavy atom. The Hall–Kier alpha value is -0.0800. The van der Waals surface area contributed by atoms with Crippen LogP contribution in [-0.2, 0) is 0 Å². The van der Waals surface area contributed by atoms with Crippen molar-refractivity contribution in [3.63, 3.8) is 0 Å². The third-order valence-corrected chi connectivity index (χ3v) is 0.848. The maximum absolute atomic E-state index is 8.78. The number of quaternary nitrogens is 1. The lowest BCUT2D eigenvalue weighted by Gasteiger charge is -2.17. The summed E-state index contributed by atoms with van der Waals surface area (Å²) in [7, 11) is 0. The maximum Gasteiger partial charge on any atom is 0.186 e. The van der Waals surface area contributed by atoms with Gasteiger partial charge in [-0.1, -0.05) is 20.8 Å². The van der Waals surface area contributed by atoms with E-state index in [4.69, 9.17) is 5.11 Å². The summed E-state index contributed by atoms with van der Waals surface area (Å²) in [4.78, 5) is 0. The molecule has 0 spiro atoms. The van der Waals surface area contributed by atoms with Gasteiger partial charge in [0.15, 0.2) is 6.23 Å². The highest BCUT2D eigenvalue weighted by Crippen LogP contribution is 2.17. The van der Waals surface area contributed by atoms with Crippen molar-refractivity contribution in [3.05, 3.63) is 0 Å². The molecule has 0 aliphatic rings. The number of hydrogen-bond acceptors (Lipinski definition) is 1. The molecule has 0 aromatic rings. The summed E-state index contributed by atoms with van der Waals surface area (Å²) in [6, 6.07) is 0. The fourth-order valence-corrected chi connectivity index (χ4v) is 0.707. The molecular formula is C6H16NO+. The first-order valence-electron chi connectivity index (χ1n) is 2.93. The summed E-state index contributed by atoms with van der Waals surface area (Å²) >= 11 is 0. The Morgan fingerprint density at radius 2 is 1.88 bits per heavy atom. The van der Waals surface area contributed by atoms with Gasteiger partial charge in [0.2, 0.25) is 0 Å². The fourth-order valence-electron chi connectivity index (χ4n) is 0.707. The van der Waals surface area contributed by atoms with E-state index < -0.39 is 6.23 Å². The first-order chi connectivity index (χ1) is 3.42. The van der Waals surface area contributed by atoms with Crippen LogP contribution >= 0.6 is 0 Å². The highest BCUT2D eigenvalue weighted by molar-refractivity contribution is 4.60. The van der Waals surface area contributed by atoms with Crippen molar-refractivity contribution < 1.29 is 10.8 Å². The standard InChI is InChI=1S/C6H15NO/c1-6(2,3)4-5(7)8/h5,8H,4,7H2,1-3H3/p+1/t5-/m0/s1. The van der Waals surface area contributed by atoms with E-state index in [9.17, 15) is 0 Å². The van der Waals surface area contributed by atoms with Crippen LogP contribution in [0.25, 0.3) is 0 Å². The minimum absolute atomic E-state index is 0.209. The highest BCUT2D eigenvalue weighted by atomic mass is 16.3. The minimum Gasteiger partial charge on any atom is -0.345 e. The summed E-state index contributed by atoms with van der Waals surface area (Å²) in [6.07, 6.45) is 0.363. The molecule has 0 aliphatic heterocycles. The molecular weight excluding hydrogens is 102 g/mol. The molecule has 8 heavy (non-hydrogen) atoms. The average Bonchev–Trinajstić information content (AvgIpc) is 1.21. The van der Waals surface area contributed by atoms with Gasteiger partial charge in [-0.15, -0.1) is 0 Å². The average molecular weight is 118 g/mol. The topological polar surface area (TPSA) is 47.9 Å². The van der Waals surface area contributed by atoms with Crippen molar-refractivity contribution in [1.29, 1.82) is 0 Å². The summed E-state index contributed by atoms with van der Waals surface area (Å²) in [5.74, 6) is 0. The second-order valence-electron chi connectivity index (χ2n) is 3.42. The first-order valence-corrected chi connectivity index (χ1v) is 2.93. The van der Waals surface area contributed by atoms with Gasteiger partial charge in [0.1, 0.15) is 0 Å². The van der Waals surface area contributed by atoms with Crippen LogP contribution in [0.4, 0.5) is 0 Å². The Kier molecular flexibility index (Phi) is 2.44. The fraction of sp³-hybridized carbons (Fsp3) is 1.00. The van der Waals surface area contributed by atoms with Crippen LogP contribution in [-0.4, -0.2) is 11.3 Å². The van der Waals surface area contributed by atoms with E-state index >= 15 is 0 Å². The molecule has 0 saturated heterocycles. The summed E-state index contributed by atoms with van der Waals surface area (Å²) < 4.78 is 0. The molecule has 2 nitrogen and oxygen atoms in total. The van der Waals surface area contributed by atoms with Gasteiger partial charge >= 0.3 is 0 Å². The van der Waals surface area contributed by atoms with Crippen LogP contribution < -0.4 is 5.73 Å². The van der Waals surface area contributed by atoms with E-state index in [0.717, 1.165) is 6.42 Å². The van der Waals surface area contributed by atoms with Gasteiger partial charge in [0.05, 0.1) is 0 Å². The van der Waals surface area contributed by atoms with Crippen LogP contribution in [0.5, 0.6) is 0 Å². The SMILES string of the molecule is CC(C)(C)C[C@@H]([NH3+])O. The lowest BCUT2D eigenvalue weighted by molar-refractivity contribution is -0.487. The Balaban J connectivity index is 3.39. The van der Waals surface area contributed by atoms with Gasteiger partial charge in [-0.05, 0) is 5.41 Å². The molecule has 4 N–H and O–H groups in total. The van der Waals surface area contributed by atoms with E-state index in [-0.39, 0.29) is 5.41 Å². The second kappa shape index (κ2) is 2.46. The predicted molar refractivity (Wildman–Crippen MR) is 33.0 cm³/mol. The summed E-state index contributed by atoms with van der Waals surface area (Å²) in [6.45, 7) is 6.25. The molecule has 0 radical (unpaired) electrons. The van der Waals surface area contributed by atoms with E-state index in [0.29, 0.717) is 0 Å². The van der Waals surface area contributed by atoms with E-state index in [1.54, 1.807) is 0 Å². The molecule has 0 aromatic carbocycles. The quantitative estimate of drug-likeness (QED) is 0.467. The van der Waals surface area contributed by atoms with Crippen molar-refractivity contribution in [1.82, 2.24) is 0 Å². The van der Waals surface area contributed by atoms with Crippen LogP contribution in [0.1, 0.15) is 27.2 Å². The van der Waals surface area contributed by atoms with Gasteiger partial charge in [-0.25, -0.2) is 0 Å². The summed E-state index contributed by atoms with van der Waals surface area (Å²) in [5, 5.41) is 8.78. The van der Waals surface area contributed by atoms with E-state index in [1.165, 1.54) is 0 Å². The van der Waals surface area contributed by atoms with Crippen molar-refractivity contribution >= 4 is 0 Å². The third kappa shape index (κ3) is 5.92. The molecule has 2 heteroatoms. The molecule has 1 atom stereocenters. The molecule has 0 unspecified atom stereocenters. The number of aliphatic hydroxyl groups excluding tert-OH is 1. The Morgan fingerprint density at radius 1 is 1.50 bits per heavy atom. The Bertz CT molecular complexity index is 63.4. The predicted octanol–water partition coefficient (Wildman–Crippen LogP) is -0.0171. The van der Waals surface area contributed by atoms with Crippen LogP contribution in [0.3, 0.4) is 0 Å². The van der Waals surface area contributed by atoms with Crippen molar-refractivity contribution in [2.75, 3.05) is 0 Å². The zero-order valence-electron chi connectivity index (χ0n) is 5.94. The van der Waals surface area contributed by atoms with Crippen LogP contribution in [0, 0.1) is 5.41 Å². The molecule has 0 aliphatic carbocycles. The molecule has 0 saturated carbocycles. The van der Waals surface area contributed by atoms with Gasteiger partial charge < -0.3 is 10.8 Å². The Labute approximate surface area is 50.7 Å². The van der Waals surface area contributed by atoms with Gasteiger partial charge in [-0.2, -0.15) is 0 Å². The lowest BCUT2D eigenvalue weighted by atomic mass is 9.92. The van der Waals surface area contributed by atoms with Gasteiger partial charge in [0, 0.05) is 6.42 Å². The molecule has 0 bridgehead atoms. The van der Waals surface area contributed by atoms with Crippen molar-refractivity contribution in [3.8, 4) is 0 Å². The minimum atomic E-state index is -0.407. The monoisotopic (exact) mass is 118 g/mol. The van der Waals surface area contributed by atoms with E-state index in [2.05, 4.69) is 26.5 Å². The second-order valence-corrected chi connectivity index (χ2v) is 3.42. The van der Waals surface area contributed by atoms with E-state index in [1.807, 2.05) is 0 Å². The first kappa shape index (κ1) is 7.92. The highest BCUT2D eigenvalue weighted by Gasteiger charge is 2.14. The lowest BCUT2D eigenvalue weighted by Crippen LogP contribution is -2.61. The molecule has 0 amide bonds. The van der Waals surface area contributed by atoms with Crippen LogP contribution in [0.15, 0.2) is 0 Å². The number of rotatable bonds is 1.